The van der Waals surface area contributed by atoms with Crippen LogP contribution in [0.15, 0.2) is 0 Å². The average Bonchev–Trinajstić information content (AvgIpc) is 2.19. The molecule has 0 spiro atoms. The van der Waals surface area contributed by atoms with Crippen molar-refractivity contribution in [1.29, 1.82) is 0 Å². The van der Waals surface area contributed by atoms with Gasteiger partial charge in [0.1, 0.15) is 0 Å². The Balaban J connectivity index is 2.16. The quantitative estimate of drug-likeness (QED) is 0.700. The number of piperazine rings is 1. The molecule has 0 aliphatic carbocycles. The van der Waals surface area contributed by atoms with Crippen molar-refractivity contribution in [2.24, 2.45) is 0 Å². The van der Waals surface area contributed by atoms with Crippen LogP contribution in [0.4, 0.5) is 0 Å². The van der Waals surface area contributed by atoms with E-state index in [-0.39, 0.29) is 0 Å². The third kappa shape index (κ3) is 3.95. The number of hydrogen-bond donors (Lipinski definition) is 1. The minimum atomic E-state index is 0.667. The highest BCUT2D eigenvalue weighted by molar-refractivity contribution is 4.75. The summed E-state index contributed by atoms with van der Waals surface area (Å²) in [4.78, 5) is 5.06. The van der Waals surface area contributed by atoms with Crippen molar-refractivity contribution in [1.82, 2.24) is 15.1 Å². The molecule has 84 valence electrons. The first kappa shape index (κ1) is 12.0. The molecule has 1 fully saturated rings. The topological polar surface area (TPSA) is 18.5 Å². The Morgan fingerprint density at radius 2 is 2.07 bits per heavy atom. The van der Waals surface area contributed by atoms with E-state index in [1.54, 1.807) is 0 Å². The highest BCUT2D eigenvalue weighted by Gasteiger charge is 2.15. The first-order valence-corrected chi connectivity index (χ1v) is 5.94. The molecule has 0 aromatic rings. The van der Waals surface area contributed by atoms with Gasteiger partial charge in [-0.15, -0.1) is 0 Å². The number of nitrogens with zero attached hydrogens (tertiary/aromatic N) is 2. The van der Waals surface area contributed by atoms with Crippen LogP contribution < -0.4 is 5.32 Å². The summed E-state index contributed by atoms with van der Waals surface area (Å²) in [6, 6.07) is 0.667. The molecule has 3 heteroatoms. The minimum Gasteiger partial charge on any atom is -0.312 e. The standard InChI is InChI=1S/C11H25N3/c1-4-13(5-2)8-9-14-7-6-12-11(3)10-14/h11-12H,4-10H2,1-3H3/t11-/m1/s1. The van der Waals surface area contributed by atoms with E-state index in [1.165, 1.54) is 39.3 Å². The van der Waals surface area contributed by atoms with Gasteiger partial charge in [-0.2, -0.15) is 0 Å². The van der Waals surface area contributed by atoms with Crippen molar-refractivity contribution < 1.29 is 0 Å². The van der Waals surface area contributed by atoms with Crippen LogP contribution in [0.1, 0.15) is 20.8 Å². The molecule has 0 bridgehead atoms. The van der Waals surface area contributed by atoms with Crippen LogP contribution in [0.5, 0.6) is 0 Å². The van der Waals surface area contributed by atoms with Gasteiger partial charge in [-0.25, -0.2) is 0 Å². The van der Waals surface area contributed by atoms with Crippen molar-refractivity contribution in [3.05, 3.63) is 0 Å². The largest absolute Gasteiger partial charge is 0.312 e. The summed E-state index contributed by atoms with van der Waals surface area (Å²) in [5.41, 5.74) is 0. The molecule has 0 unspecified atom stereocenters. The monoisotopic (exact) mass is 199 g/mol. The molecule has 14 heavy (non-hydrogen) atoms. The fourth-order valence-electron chi connectivity index (χ4n) is 2.04. The van der Waals surface area contributed by atoms with E-state index in [0.29, 0.717) is 6.04 Å². The molecule has 0 aromatic carbocycles. The van der Waals surface area contributed by atoms with Crippen LogP contribution in [-0.2, 0) is 0 Å². The van der Waals surface area contributed by atoms with Crippen molar-refractivity contribution in [3.63, 3.8) is 0 Å². The highest BCUT2D eigenvalue weighted by atomic mass is 15.2. The van der Waals surface area contributed by atoms with E-state index in [2.05, 4.69) is 35.9 Å². The van der Waals surface area contributed by atoms with Crippen LogP contribution in [-0.4, -0.2) is 61.7 Å². The van der Waals surface area contributed by atoms with Crippen molar-refractivity contribution in [2.45, 2.75) is 26.8 Å². The molecule has 0 radical (unpaired) electrons. The van der Waals surface area contributed by atoms with E-state index < -0.39 is 0 Å². The molecule has 0 aromatic heterocycles. The summed E-state index contributed by atoms with van der Waals surface area (Å²) >= 11 is 0. The van der Waals surface area contributed by atoms with Crippen LogP contribution in [0, 0.1) is 0 Å². The Bertz CT molecular complexity index is 145. The lowest BCUT2D eigenvalue weighted by Crippen LogP contribution is -2.50. The maximum Gasteiger partial charge on any atom is 0.0167 e. The molecule has 1 aliphatic rings. The summed E-state index contributed by atoms with van der Waals surface area (Å²) < 4.78 is 0. The van der Waals surface area contributed by atoms with E-state index in [9.17, 15) is 0 Å². The van der Waals surface area contributed by atoms with E-state index >= 15 is 0 Å². The molecular weight excluding hydrogens is 174 g/mol. The summed E-state index contributed by atoms with van der Waals surface area (Å²) in [5, 5.41) is 3.47. The fraction of sp³-hybridized carbons (Fsp3) is 1.00. The van der Waals surface area contributed by atoms with E-state index in [0.717, 1.165) is 6.54 Å². The van der Waals surface area contributed by atoms with Crippen molar-refractivity contribution in [2.75, 3.05) is 45.8 Å². The van der Waals surface area contributed by atoms with Crippen molar-refractivity contribution >= 4 is 0 Å². The average molecular weight is 199 g/mol. The smallest absolute Gasteiger partial charge is 0.0167 e. The van der Waals surface area contributed by atoms with E-state index in [4.69, 9.17) is 0 Å². The summed E-state index contributed by atoms with van der Waals surface area (Å²) in [6.45, 7) is 15.1. The summed E-state index contributed by atoms with van der Waals surface area (Å²) in [5.74, 6) is 0. The van der Waals surface area contributed by atoms with Gasteiger partial charge in [0.25, 0.3) is 0 Å². The number of nitrogens with one attached hydrogen (secondary N) is 1. The number of rotatable bonds is 5. The lowest BCUT2D eigenvalue weighted by molar-refractivity contribution is 0.175. The highest BCUT2D eigenvalue weighted by Crippen LogP contribution is 1.98. The third-order valence-corrected chi connectivity index (χ3v) is 3.08. The summed E-state index contributed by atoms with van der Waals surface area (Å²) in [7, 11) is 0. The van der Waals surface area contributed by atoms with Crippen LogP contribution >= 0.6 is 0 Å². The van der Waals surface area contributed by atoms with Gasteiger partial charge in [0, 0.05) is 38.8 Å². The SMILES string of the molecule is CCN(CC)CCN1CCN[C@H](C)C1. The zero-order valence-electron chi connectivity index (χ0n) is 9.92. The second kappa shape index (κ2) is 6.38. The molecule has 0 saturated carbocycles. The van der Waals surface area contributed by atoms with Gasteiger partial charge >= 0.3 is 0 Å². The van der Waals surface area contributed by atoms with Crippen LogP contribution in [0.2, 0.25) is 0 Å². The van der Waals surface area contributed by atoms with Crippen molar-refractivity contribution in [3.8, 4) is 0 Å². The Hall–Kier alpha value is -0.120. The predicted octanol–water partition coefficient (Wildman–Crippen LogP) is 0.622. The molecular formula is C11H25N3. The summed E-state index contributed by atoms with van der Waals surface area (Å²) in [6.07, 6.45) is 0. The maximum absolute atomic E-state index is 3.47. The first-order chi connectivity index (χ1) is 6.76. The Labute approximate surface area is 88.5 Å². The molecule has 1 rings (SSSR count). The predicted molar refractivity (Wildman–Crippen MR) is 61.7 cm³/mol. The number of hydrogen-bond acceptors (Lipinski definition) is 3. The van der Waals surface area contributed by atoms with Gasteiger partial charge in [0.05, 0.1) is 0 Å². The molecule has 1 aliphatic heterocycles. The molecule has 0 amide bonds. The Morgan fingerprint density at radius 3 is 2.64 bits per heavy atom. The second-order valence-corrected chi connectivity index (χ2v) is 4.18. The number of likely N-dealkylation sites (N-methyl/N-ethyl adjacent to an activating group) is 1. The second-order valence-electron chi connectivity index (χ2n) is 4.18. The van der Waals surface area contributed by atoms with E-state index in [1.807, 2.05) is 0 Å². The molecule has 1 saturated heterocycles. The Kier molecular flexibility index (Phi) is 5.45. The molecule has 1 heterocycles. The third-order valence-electron chi connectivity index (χ3n) is 3.08. The van der Waals surface area contributed by atoms with Gasteiger partial charge in [-0.1, -0.05) is 13.8 Å². The lowest BCUT2D eigenvalue weighted by Gasteiger charge is -2.33. The zero-order chi connectivity index (χ0) is 10.4. The molecule has 3 nitrogen and oxygen atoms in total. The van der Waals surface area contributed by atoms with Gasteiger partial charge in [-0.3, -0.25) is 4.90 Å². The molecule has 1 N–H and O–H groups in total. The lowest BCUT2D eigenvalue weighted by atomic mass is 10.2. The minimum absolute atomic E-state index is 0.667. The normalized spacial score (nSPS) is 24.4. The van der Waals surface area contributed by atoms with Gasteiger partial charge in [-0.05, 0) is 20.0 Å². The van der Waals surface area contributed by atoms with Crippen LogP contribution in [0.3, 0.4) is 0 Å². The Morgan fingerprint density at radius 1 is 1.36 bits per heavy atom. The van der Waals surface area contributed by atoms with Gasteiger partial charge < -0.3 is 10.2 Å². The van der Waals surface area contributed by atoms with Gasteiger partial charge in [0.15, 0.2) is 0 Å². The fourth-order valence-corrected chi connectivity index (χ4v) is 2.04. The first-order valence-electron chi connectivity index (χ1n) is 5.94. The zero-order valence-corrected chi connectivity index (χ0v) is 9.92. The van der Waals surface area contributed by atoms with Gasteiger partial charge in [0.2, 0.25) is 0 Å². The van der Waals surface area contributed by atoms with Crippen LogP contribution in [0.25, 0.3) is 0 Å². The maximum atomic E-state index is 3.47. The molecule has 1 atom stereocenters.